The van der Waals surface area contributed by atoms with Crippen LogP contribution < -0.4 is 0 Å². The number of hydrogen-bond donors (Lipinski definition) is 0. The Hall–Kier alpha value is -1.92. The van der Waals surface area contributed by atoms with Gasteiger partial charge in [0.1, 0.15) is 19.5 Å². The fourth-order valence-electron chi connectivity index (χ4n) is 2.13. The lowest BCUT2D eigenvalue weighted by atomic mass is 10.3. The molecular formula is C14H16N2O4. The van der Waals surface area contributed by atoms with E-state index in [0.717, 1.165) is 11.0 Å². The molecule has 1 aromatic carbocycles. The normalized spacial score (nSPS) is 18.5. The first-order chi connectivity index (χ1) is 9.83. The van der Waals surface area contributed by atoms with Crippen LogP contribution >= 0.6 is 0 Å². The van der Waals surface area contributed by atoms with Gasteiger partial charge in [0.25, 0.3) is 0 Å². The third-order valence-electron chi connectivity index (χ3n) is 3.21. The van der Waals surface area contributed by atoms with Crippen LogP contribution in [0.15, 0.2) is 30.6 Å². The highest BCUT2D eigenvalue weighted by Gasteiger charge is 2.18. The third-order valence-corrected chi connectivity index (χ3v) is 3.21. The second-order valence-corrected chi connectivity index (χ2v) is 4.64. The minimum absolute atomic E-state index is 0.131. The SMILES string of the molecule is O=C(CCn1cnc2ccccc21)OCC1COCO1. The molecule has 20 heavy (non-hydrogen) atoms. The first-order valence-corrected chi connectivity index (χ1v) is 6.58. The molecule has 0 N–H and O–H groups in total. The van der Waals surface area contributed by atoms with Gasteiger partial charge in [-0.3, -0.25) is 4.79 Å². The molecule has 6 nitrogen and oxygen atoms in total. The molecule has 6 heteroatoms. The number of imidazole rings is 1. The maximum atomic E-state index is 11.7. The summed E-state index contributed by atoms with van der Waals surface area (Å²) < 4.78 is 17.3. The molecule has 0 saturated carbocycles. The molecule has 3 rings (SSSR count). The molecule has 1 saturated heterocycles. The van der Waals surface area contributed by atoms with Gasteiger partial charge in [-0.25, -0.2) is 4.98 Å². The van der Waals surface area contributed by atoms with E-state index in [4.69, 9.17) is 14.2 Å². The van der Waals surface area contributed by atoms with Crippen molar-refractivity contribution in [1.29, 1.82) is 0 Å². The van der Waals surface area contributed by atoms with E-state index in [1.165, 1.54) is 0 Å². The number of fused-ring (bicyclic) bond motifs is 1. The maximum Gasteiger partial charge on any atom is 0.307 e. The van der Waals surface area contributed by atoms with Crippen LogP contribution in [-0.4, -0.2) is 41.6 Å². The van der Waals surface area contributed by atoms with E-state index in [0.29, 0.717) is 19.6 Å². The Morgan fingerprint density at radius 2 is 2.35 bits per heavy atom. The predicted molar refractivity (Wildman–Crippen MR) is 71.0 cm³/mol. The van der Waals surface area contributed by atoms with Gasteiger partial charge >= 0.3 is 5.97 Å². The molecule has 0 radical (unpaired) electrons. The zero-order chi connectivity index (χ0) is 13.8. The Labute approximate surface area is 116 Å². The maximum absolute atomic E-state index is 11.7. The monoisotopic (exact) mass is 276 g/mol. The first kappa shape index (κ1) is 13.1. The molecule has 1 atom stereocenters. The lowest BCUT2D eigenvalue weighted by Crippen LogP contribution is -2.21. The van der Waals surface area contributed by atoms with Crippen molar-refractivity contribution in [2.75, 3.05) is 20.0 Å². The van der Waals surface area contributed by atoms with E-state index < -0.39 is 0 Å². The van der Waals surface area contributed by atoms with Gasteiger partial charge in [-0.05, 0) is 12.1 Å². The highest BCUT2D eigenvalue weighted by molar-refractivity contribution is 5.75. The van der Waals surface area contributed by atoms with Gasteiger partial charge in [0.15, 0.2) is 0 Å². The zero-order valence-corrected chi connectivity index (χ0v) is 11.0. The molecule has 106 valence electrons. The van der Waals surface area contributed by atoms with E-state index in [-0.39, 0.29) is 25.5 Å². The molecular weight excluding hydrogens is 260 g/mol. The van der Waals surface area contributed by atoms with Crippen LogP contribution in [0.5, 0.6) is 0 Å². The summed E-state index contributed by atoms with van der Waals surface area (Å²) in [7, 11) is 0. The van der Waals surface area contributed by atoms with E-state index in [2.05, 4.69) is 4.98 Å². The number of ether oxygens (including phenoxy) is 3. The number of benzene rings is 1. The molecule has 0 bridgehead atoms. The van der Waals surface area contributed by atoms with E-state index >= 15 is 0 Å². The Morgan fingerprint density at radius 3 is 3.20 bits per heavy atom. The van der Waals surface area contributed by atoms with Crippen molar-refractivity contribution in [2.45, 2.75) is 19.1 Å². The molecule has 1 aliphatic heterocycles. The highest BCUT2D eigenvalue weighted by atomic mass is 16.7. The second kappa shape index (κ2) is 6.02. The van der Waals surface area contributed by atoms with Gasteiger partial charge in [0.05, 0.1) is 30.4 Å². The topological polar surface area (TPSA) is 62.6 Å². The molecule has 0 spiro atoms. The van der Waals surface area contributed by atoms with Crippen molar-refractivity contribution >= 4 is 17.0 Å². The van der Waals surface area contributed by atoms with Crippen molar-refractivity contribution in [3.63, 3.8) is 0 Å². The molecule has 1 fully saturated rings. The molecule has 1 unspecified atom stereocenters. The van der Waals surface area contributed by atoms with Gasteiger partial charge in [0.2, 0.25) is 0 Å². The van der Waals surface area contributed by atoms with Crippen molar-refractivity contribution in [3.8, 4) is 0 Å². The van der Waals surface area contributed by atoms with Crippen molar-refractivity contribution in [1.82, 2.24) is 9.55 Å². The van der Waals surface area contributed by atoms with Gasteiger partial charge in [-0.1, -0.05) is 12.1 Å². The third kappa shape index (κ3) is 2.97. The number of aromatic nitrogens is 2. The summed E-state index contributed by atoms with van der Waals surface area (Å²) in [6.45, 7) is 1.58. The average molecular weight is 276 g/mol. The summed E-state index contributed by atoms with van der Waals surface area (Å²) in [4.78, 5) is 16.0. The lowest BCUT2D eigenvalue weighted by molar-refractivity contribution is -0.146. The number of esters is 1. The molecule has 1 aliphatic rings. The molecule has 2 aromatic rings. The quantitative estimate of drug-likeness (QED) is 0.771. The van der Waals surface area contributed by atoms with E-state index in [1.807, 2.05) is 28.8 Å². The van der Waals surface area contributed by atoms with Crippen LogP contribution in [0.2, 0.25) is 0 Å². The molecule has 0 amide bonds. The van der Waals surface area contributed by atoms with Gasteiger partial charge < -0.3 is 18.8 Å². The van der Waals surface area contributed by atoms with Crippen LogP contribution in [0.4, 0.5) is 0 Å². The fourth-order valence-corrected chi connectivity index (χ4v) is 2.13. The smallest absolute Gasteiger partial charge is 0.307 e. The summed E-state index contributed by atoms with van der Waals surface area (Å²) in [6, 6.07) is 7.83. The Kier molecular flexibility index (Phi) is 3.94. The van der Waals surface area contributed by atoms with Crippen LogP contribution in [0.25, 0.3) is 11.0 Å². The minimum Gasteiger partial charge on any atom is -0.463 e. The van der Waals surface area contributed by atoms with Crippen molar-refractivity contribution in [2.24, 2.45) is 0 Å². The first-order valence-electron chi connectivity index (χ1n) is 6.58. The zero-order valence-electron chi connectivity index (χ0n) is 11.0. The Morgan fingerprint density at radius 1 is 1.45 bits per heavy atom. The van der Waals surface area contributed by atoms with Crippen LogP contribution in [0, 0.1) is 0 Å². The minimum atomic E-state index is -0.238. The van der Waals surface area contributed by atoms with Crippen LogP contribution in [0.1, 0.15) is 6.42 Å². The number of rotatable bonds is 5. The van der Waals surface area contributed by atoms with E-state index in [9.17, 15) is 4.79 Å². The van der Waals surface area contributed by atoms with Crippen LogP contribution in [-0.2, 0) is 25.5 Å². The van der Waals surface area contributed by atoms with Crippen molar-refractivity contribution in [3.05, 3.63) is 30.6 Å². The lowest BCUT2D eigenvalue weighted by Gasteiger charge is -2.09. The van der Waals surface area contributed by atoms with Crippen LogP contribution in [0.3, 0.4) is 0 Å². The number of carbonyl (C=O) groups is 1. The largest absolute Gasteiger partial charge is 0.463 e. The van der Waals surface area contributed by atoms with Gasteiger partial charge in [-0.15, -0.1) is 0 Å². The summed E-state index contributed by atoms with van der Waals surface area (Å²) in [5, 5.41) is 0. The van der Waals surface area contributed by atoms with E-state index in [1.54, 1.807) is 6.33 Å². The molecule has 0 aliphatic carbocycles. The van der Waals surface area contributed by atoms with Crippen molar-refractivity contribution < 1.29 is 19.0 Å². The summed E-state index contributed by atoms with van der Waals surface area (Å²) >= 11 is 0. The Bertz CT molecular complexity index is 590. The van der Waals surface area contributed by atoms with Gasteiger partial charge in [0, 0.05) is 6.54 Å². The van der Waals surface area contributed by atoms with Gasteiger partial charge in [-0.2, -0.15) is 0 Å². The highest BCUT2D eigenvalue weighted by Crippen LogP contribution is 2.12. The fraction of sp³-hybridized carbons (Fsp3) is 0.429. The standard InChI is InChI=1S/C14H16N2O4/c17-14(19-8-11-7-18-10-20-11)5-6-16-9-15-12-3-1-2-4-13(12)16/h1-4,9,11H,5-8,10H2. The number of nitrogens with zero attached hydrogens (tertiary/aromatic N) is 2. The summed E-state index contributed by atoms with van der Waals surface area (Å²) in [5.74, 6) is -0.238. The average Bonchev–Trinajstić information content (AvgIpc) is 3.12. The Balaban J connectivity index is 1.49. The predicted octanol–water partition coefficient (Wildman–Crippen LogP) is 1.34. The summed E-state index contributed by atoms with van der Waals surface area (Å²) in [5.41, 5.74) is 1.95. The number of para-hydroxylation sites is 2. The number of carbonyl (C=O) groups excluding carboxylic acids is 1. The molecule has 1 aromatic heterocycles. The number of hydrogen-bond acceptors (Lipinski definition) is 5. The summed E-state index contributed by atoms with van der Waals surface area (Å²) in [6.07, 6.45) is 1.92. The number of aryl methyl sites for hydroxylation is 1. The molecule has 2 heterocycles. The second-order valence-electron chi connectivity index (χ2n) is 4.64.